The highest BCUT2D eigenvalue weighted by Crippen LogP contribution is 2.29. The summed E-state index contributed by atoms with van der Waals surface area (Å²) in [6.45, 7) is 8.32. The zero-order valence-electron chi connectivity index (χ0n) is 20.0. The van der Waals surface area contributed by atoms with Gasteiger partial charge in [0.1, 0.15) is 18.7 Å². The summed E-state index contributed by atoms with van der Waals surface area (Å²) in [5, 5.41) is 13.9. The van der Waals surface area contributed by atoms with E-state index in [1.807, 2.05) is 11.5 Å². The minimum Gasteiger partial charge on any atom is -0.343 e. The van der Waals surface area contributed by atoms with Crippen LogP contribution in [0.25, 0.3) is 0 Å². The van der Waals surface area contributed by atoms with Crippen LogP contribution >= 0.6 is 0 Å². The smallest absolute Gasteiger partial charge is 0.245 e. The fourth-order valence-corrected chi connectivity index (χ4v) is 5.02. The van der Waals surface area contributed by atoms with Crippen LogP contribution in [-0.4, -0.2) is 87.7 Å². The Labute approximate surface area is 192 Å². The molecule has 0 radical (unpaired) electrons. The van der Waals surface area contributed by atoms with Gasteiger partial charge in [-0.25, -0.2) is 0 Å². The number of likely N-dealkylation sites (N-methyl/N-ethyl adjacent to an activating group) is 2. The van der Waals surface area contributed by atoms with Gasteiger partial charge in [-0.05, 0) is 52.1 Å². The Morgan fingerprint density at radius 1 is 1.12 bits per heavy atom. The van der Waals surface area contributed by atoms with Crippen molar-refractivity contribution in [2.24, 2.45) is 5.92 Å². The van der Waals surface area contributed by atoms with Crippen molar-refractivity contribution in [3.8, 4) is 0 Å². The van der Waals surface area contributed by atoms with Gasteiger partial charge in [-0.3, -0.25) is 14.5 Å². The van der Waals surface area contributed by atoms with Crippen molar-refractivity contribution >= 4 is 11.8 Å². The fourth-order valence-electron chi connectivity index (χ4n) is 5.02. The SMILES string of the molecule is CCN(CCn1cnnc1)C[C@@H]1CCCN1C(=O)[C@@H](NC(=O)[C@H](C)NC)C1CCCCC1. The highest BCUT2D eigenvalue weighted by atomic mass is 16.2. The Morgan fingerprint density at radius 3 is 2.50 bits per heavy atom. The van der Waals surface area contributed by atoms with Crippen LogP contribution in [0.3, 0.4) is 0 Å². The standard InChI is InChI=1S/C23H41N7O2/c1-4-28(13-14-29-16-25-26-17-29)15-20-11-8-12-30(20)23(32)21(19-9-6-5-7-10-19)27-22(31)18(2)24-3/h16-21,24H,4-15H2,1-3H3,(H,27,31)/t18-,20-,21-/m0/s1. The molecule has 0 aromatic carbocycles. The quantitative estimate of drug-likeness (QED) is 0.530. The first-order valence-corrected chi connectivity index (χ1v) is 12.4. The van der Waals surface area contributed by atoms with Gasteiger partial charge < -0.3 is 20.1 Å². The molecule has 0 spiro atoms. The second-order valence-corrected chi connectivity index (χ2v) is 9.32. The summed E-state index contributed by atoms with van der Waals surface area (Å²) < 4.78 is 1.98. The summed E-state index contributed by atoms with van der Waals surface area (Å²) in [7, 11) is 1.78. The maximum atomic E-state index is 13.8. The van der Waals surface area contributed by atoms with E-state index in [1.54, 1.807) is 19.7 Å². The molecule has 9 heteroatoms. The number of hydrogen-bond acceptors (Lipinski definition) is 6. The average Bonchev–Trinajstić information content (AvgIpc) is 3.51. The van der Waals surface area contributed by atoms with Crippen molar-refractivity contribution in [3.63, 3.8) is 0 Å². The molecule has 0 bridgehead atoms. The summed E-state index contributed by atoms with van der Waals surface area (Å²) in [5.41, 5.74) is 0. The fraction of sp³-hybridized carbons (Fsp3) is 0.826. The van der Waals surface area contributed by atoms with E-state index in [0.29, 0.717) is 0 Å². The molecule has 1 aliphatic carbocycles. The number of nitrogens with one attached hydrogen (secondary N) is 2. The highest BCUT2D eigenvalue weighted by molar-refractivity contribution is 5.90. The van der Waals surface area contributed by atoms with Gasteiger partial charge in [-0.2, -0.15) is 0 Å². The number of amides is 2. The summed E-state index contributed by atoms with van der Waals surface area (Å²) in [5.74, 6) is 0.267. The van der Waals surface area contributed by atoms with Crippen LogP contribution < -0.4 is 10.6 Å². The number of nitrogens with zero attached hydrogens (tertiary/aromatic N) is 5. The maximum absolute atomic E-state index is 13.8. The van der Waals surface area contributed by atoms with Crippen molar-refractivity contribution in [1.82, 2.24) is 35.2 Å². The second-order valence-electron chi connectivity index (χ2n) is 9.32. The van der Waals surface area contributed by atoms with Gasteiger partial charge in [0.05, 0.1) is 6.04 Å². The molecule has 0 unspecified atom stereocenters. The number of aromatic nitrogens is 3. The van der Waals surface area contributed by atoms with Crippen LogP contribution in [0, 0.1) is 5.92 Å². The third-order valence-corrected chi connectivity index (χ3v) is 7.23. The van der Waals surface area contributed by atoms with Crippen LogP contribution in [0.4, 0.5) is 0 Å². The van der Waals surface area contributed by atoms with Crippen LogP contribution in [0.2, 0.25) is 0 Å². The number of hydrogen-bond donors (Lipinski definition) is 2. The molecule has 2 N–H and O–H groups in total. The predicted molar refractivity (Wildman–Crippen MR) is 124 cm³/mol. The first-order valence-electron chi connectivity index (χ1n) is 12.4. The summed E-state index contributed by atoms with van der Waals surface area (Å²) in [6, 6.07) is -0.518. The number of likely N-dealkylation sites (tertiary alicyclic amines) is 1. The van der Waals surface area contributed by atoms with Gasteiger partial charge >= 0.3 is 0 Å². The molecule has 1 aliphatic heterocycles. The topological polar surface area (TPSA) is 95.4 Å². The summed E-state index contributed by atoms with van der Waals surface area (Å²) >= 11 is 0. The third-order valence-electron chi connectivity index (χ3n) is 7.23. The van der Waals surface area contributed by atoms with E-state index in [4.69, 9.17) is 0 Å². The maximum Gasteiger partial charge on any atom is 0.245 e. The largest absolute Gasteiger partial charge is 0.343 e. The average molecular weight is 448 g/mol. The Kier molecular flexibility index (Phi) is 9.47. The molecular formula is C23H41N7O2. The molecule has 3 rings (SSSR count). The lowest BCUT2D eigenvalue weighted by molar-refractivity contribution is -0.139. The third kappa shape index (κ3) is 6.51. The minimum absolute atomic E-state index is 0.0868. The molecule has 1 saturated heterocycles. The monoisotopic (exact) mass is 447 g/mol. The lowest BCUT2D eigenvalue weighted by Gasteiger charge is -2.36. The minimum atomic E-state index is -0.411. The summed E-state index contributed by atoms with van der Waals surface area (Å²) in [4.78, 5) is 30.9. The van der Waals surface area contributed by atoms with E-state index < -0.39 is 6.04 Å². The molecule has 3 atom stereocenters. The lowest BCUT2D eigenvalue weighted by atomic mass is 9.83. The highest BCUT2D eigenvalue weighted by Gasteiger charge is 2.38. The van der Waals surface area contributed by atoms with Gasteiger partial charge in [0.2, 0.25) is 11.8 Å². The molecule has 2 heterocycles. The zero-order chi connectivity index (χ0) is 22.9. The molecule has 2 fully saturated rings. The lowest BCUT2D eigenvalue weighted by Crippen LogP contribution is -2.57. The molecule has 1 aromatic rings. The predicted octanol–water partition coefficient (Wildman–Crippen LogP) is 1.26. The first kappa shape index (κ1) is 24.6. The number of carbonyl (C=O) groups excluding carboxylic acids is 2. The van der Waals surface area contributed by atoms with E-state index in [-0.39, 0.29) is 29.8 Å². The molecule has 9 nitrogen and oxygen atoms in total. The molecule has 32 heavy (non-hydrogen) atoms. The Hall–Kier alpha value is -2.00. The van der Waals surface area contributed by atoms with Crippen LogP contribution in [0.15, 0.2) is 12.7 Å². The van der Waals surface area contributed by atoms with Crippen molar-refractivity contribution in [1.29, 1.82) is 0 Å². The zero-order valence-corrected chi connectivity index (χ0v) is 20.0. The number of rotatable bonds is 11. The van der Waals surface area contributed by atoms with Crippen molar-refractivity contribution in [2.75, 3.05) is 33.2 Å². The van der Waals surface area contributed by atoms with Crippen molar-refractivity contribution in [3.05, 3.63) is 12.7 Å². The van der Waals surface area contributed by atoms with E-state index in [2.05, 4.69) is 37.6 Å². The normalized spacial score (nSPS) is 21.6. The van der Waals surface area contributed by atoms with E-state index in [0.717, 1.165) is 71.2 Å². The van der Waals surface area contributed by atoms with E-state index in [1.165, 1.54) is 6.42 Å². The second kappa shape index (κ2) is 12.3. The Bertz CT molecular complexity index is 705. The van der Waals surface area contributed by atoms with Crippen LogP contribution in [0.1, 0.15) is 58.8 Å². The molecular weight excluding hydrogens is 406 g/mol. The Morgan fingerprint density at radius 2 is 1.84 bits per heavy atom. The van der Waals surface area contributed by atoms with Crippen molar-refractivity contribution in [2.45, 2.75) is 83.5 Å². The molecule has 1 saturated carbocycles. The summed E-state index contributed by atoms with van der Waals surface area (Å²) in [6.07, 6.45) is 11.1. The molecule has 1 aromatic heterocycles. The van der Waals surface area contributed by atoms with Gasteiger partial charge in [-0.1, -0.05) is 26.2 Å². The number of carbonyl (C=O) groups is 2. The van der Waals surface area contributed by atoms with Gasteiger partial charge in [0.25, 0.3) is 0 Å². The van der Waals surface area contributed by atoms with E-state index >= 15 is 0 Å². The van der Waals surface area contributed by atoms with Crippen LogP contribution in [-0.2, 0) is 16.1 Å². The van der Waals surface area contributed by atoms with Gasteiger partial charge in [-0.15, -0.1) is 10.2 Å². The van der Waals surface area contributed by atoms with Crippen LogP contribution in [0.5, 0.6) is 0 Å². The van der Waals surface area contributed by atoms with E-state index in [9.17, 15) is 9.59 Å². The molecule has 2 amide bonds. The van der Waals surface area contributed by atoms with Crippen molar-refractivity contribution < 1.29 is 9.59 Å². The molecule has 2 aliphatic rings. The van der Waals surface area contributed by atoms with Gasteiger partial charge in [0, 0.05) is 32.2 Å². The van der Waals surface area contributed by atoms with Gasteiger partial charge in [0.15, 0.2) is 0 Å². The first-order chi connectivity index (χ1) is 15.5. The Balaban J connectivity index is 1.65. The molecule has 180 valence electrons.